The van der Waals surface area contributed by atoms with E-state index in [4.69, 9.17) is 32.5 Å². The number of carbonyl (C=O) groups is 1. The lowest BCUT2D eigenvalue weighted by molar-refractivity contribution is 0.0366. The van der Waals surface area contributed by atoms with Crippen molar-refractivity contribution in [3.8, 4) is 11.4 Å². The van der Waals surface area contributed by atoms with Gasteiger partial charge in [0.15, 0.2) is 0 Å². The zero-order valence-electron chi connectivity index (χ0n) is 16.7. The number of nitrogens with zero attached hydrogens (tertiary/aromatic N) is 3. The first-order chi connectivity index (χ1) is 13.6. The molecule has 9 heteroatoms. The number of amides is 1. The fourth-order valence-electron chi connectivity index (χ4n) is 4.14. The standard InChI is InChI=1S/C20H24Cl2N4O3/c1-19(2,3)28-18(27)23-15-9-20(10-15)4-5-26(11-20)17-24-16(25-29-17)12-6-13(21)8-14(22)7-12/h6-8,15H,4-5,9-11H2,1-3H3,(H,23,27). The summed E-state index contributed by atoms with van der Waals surface area (Å²) in [5.74, 6) is 0.462. The van der Waals surface area contributed by atoms with Gasteiger partial charge in [0.2, 0.25) is 5.82 Å². The van der Waals surface area contributed by atoms with Gasteiger partial charge in [-0.3, -0.25) is 0 Å². The molecule has 0 atom stereocenters. The van der Waals surface area contributed by atoms with Crippen molar-refractivity contribution in [2.75, 3.05) is 18.0 Å². The molecule has 4 rings (SSSR count). The van der Waals surface area contributed by atoms with Crippen molar-refractivity contribution in [3.05, 3.63) is 28.2 Å². The number of rotatable bonds is 3. The highest BCUT2D eigenvalue weighted by Gasteiger charge is 2.50. The van der Waals surface area contributed by atoms with Gasteiger partial charge < -0.3 is 19.5 Å². The van der Waals surface area contributed by atoms with Gasteiger partial charge in [-0.1, -0.05) is 28.4 Å². The second-order valence-electron chi connectivity index (χ2n) is 8.98. The number of alkyl carbamates (subject to hydrolysis) is 1. The van der Waals surface area contributed by atoms with E-state index in [0.717, 1.165) is 37.9 Å². The molecule has 1 amide bonds. The minimum atomic E-state index is -0.488. The van der Waals surface area contributed by atoms with Crippen molar-refractivity contribution in [2.24, 2.45) is 5.41 Å². The lowest BCUT2D eigenvalue weighted by Gasteiger charge is -2.45. The summed E-state index contributed by atoms with van der Waals surface area (Å²) in [7, 11) is 0. The van der Waals surface area contributed by atoms with Gasteiger partial charge in [-0.25, -0.2) is 4.79 Å². The summed E-state index contributed by atoms with van der Waals surface area (Å²) in [6, 6.07) is 5.82. The van der Waals surface area contributed by atoms with Crippen LogP contribution in [0.15, 0.2) is 22.7 Å². The van der Waals surface area contributed by atoms with Gasteiger partial charge in [0, 0.05) is 34.7 Å². The van der Waals surface area contributed by atoms with E-state index in [0.29, 0.717) is 21.9 Å². The first-order valence-electron chi connectivity index (χ1n) is 9.66. The Bertz CT molecular complexity index is 898. The Morgan fingerprint density at radius 3 is 2.62 bits per heavy atom. The van der Waals surface area contributed by atoms with Crippen LogP contribution in [0, 0.1) is 5.41 Å². The Morgan fingerprint density at radius 1 is 1.28 bits per heavy atom. The number of halogens is 2. The molecular weight excluding hydrogens is 415 g/mol. The van der Waals surface area contributed by atoms with E-state index in [-0.39, 0.29) is 17.6 Å². The molecule has 2 fully saturated rings. The van der Waals surface area contributed by atoms with E-state index in [1.54, 1.807) is 18.2 Å². The second-order valence-corrected chi connectivity index (χ2v) is 9.85. The highest BCUT2D eigenvalue weighted by molar-refractivity contribution is 6.35. The van der Waals surface area contributed by atoms with Gasteiger partial charge in [0.05, 0.1) is 0 Å². The van der Waals surface area contributed by atoms with Crippen molar-refractivity contribution in [2.45, 2.75) is 51.7 Å². The quantitative estimate of drug-likeness (QED) is 0.731. The zero-order chi connectivity index (χ0) is 20.8. The van der Waals surface area contributed by atoms with Crippen LogP contribution in [0.25, 0.3) is 11.4 Å². The molecule has 1 aromatic carbocycles. The van der Waals surface area contributed by atoms with Gasteiger partial charge in [-0.2, -0.15) is 4.98 Å². The molecule has 2 aromatic rings. The molecule has 0 radical (unpaired) electrons. The smallest absolute Gasteiger partial charge is 0.407 e. The van der Waals surface area contributed by atoms with E-state index in [9.17, 15) is 4.79 Å². The fourth-order valence-corrected chi connectivity index (χ4v) is 4.66. The van der Waals surface area contributed by atoms with E-state index in [2.05, 4.69) is 20.4 Å². The van der Waals surface area contributed by atoms with Gasteiger partial charge in [-0.15, -0.1) is 0 Å². The summed E-state index contributed by atoms with van der Waals surface area (Å²) in [6.07, 6.45) is 2.52. The summed E-state index contributed by atoms with van der Waals surface area (Å²) in [6.45, 7) is 7.26. The minimum Gasteiger partial charge on any atom is -0.444 e. The Kier molecular flexibility index (Phi) is 5.15. The number of nitrogens with one attached hydrogen (secondary N) is 1. The molecule has 0 unspecified atom stereocenters. The molecule has 2 aliphatic rings. The van der Waals surface area contributed by atoms with Gasteiger partial charge in [0.1, 0.15) is 5.60 Å². The Morgan fingerprint density at radius 2 is 1.97 bits per heavy atom. The van der Waals surface area contributed by atoms with Crippen LogP contribution in [-0.4, -0.2) is 41.0 Å². The molecule has 1 N–H and O–H groups in total. The normalized spacial score (nSPS) is 23.9. The number of benzene rings is 1. The van der Waals surface area contributed by atoms with Crippen LogP contribution >= 0.6 is 23.2 Å². The molecule has 1 saturated heterocycles. The molecule has 2 heterocycles. The molecule has 1 aliphatic carbocycles. The second kappa shape index (κ2) is 7.36. The van der Waals surface area contributed by atoms with E-state index in [1.807, 2.05) is 20.8 Å². The molecule has 1 aromatic heterocycles. The molecular formula is C20H24Cl2N4O3. The first kappa shape index (κ1) is 20.3. The van der Waals surface area contributed by atoms with Crippen LogP contribution < -0.4 is 10.2 Å². The third-order valence-electron chi connectivity index (χ3n) is 5.32. The maximum Gasteiger partial charge on any atom is 0.407 e. The van der Waals surface area contributed by atoms with Gasteiger partial charge in [0.25, 0.3) is 0 Å². The van der Waals surface area contributed by atoms with Gasteiger partial charge >= 0.3 is 12.1 Å². The molecule has 7 nitrogen and oxygen atoms in total. The number of hydrogen-bond acceptors (Lipinski definition) is 6. The van der Waals surface area contributed by atoms with Crippen LogP contribution in [0.3, 0.4) is 0 Å². The van der Waals surface area contributed by atoms with Crippen molar-refractivity contribution in [1.29, 1.82) is 0 Å². The molecule has 156 valence electrons. The van der Waals surface area contributed by atoms with E-state index >= 15 is 0 Å². The van der Waals surface area contributed by atoms with Crippen molar-refractivity contribution in [3.63, 3.8) is 0 Å². The van der Waals surface area contributed by atoms with Gasteiger partial charge in [-0.05, 0) is 63.6 Å². The first-order valence-corrected chi connectivity index (χ1v) is 10.4. The van der Waals surface area contributed by atoms with Crippen LogP contribution in [0.2, 0.25) is 10.0 Å². The summed E-state index contributed by atoms with van der Waals surface area (Å²) >= 11 is 12.1. The van der Waals surface area contributed by atoms with E-state index in [1.165, 1.54) is 0 Å². The number of carbonyl (C=O) groups excluding carboxylic acids is 1. The average molecular weight is 439 g/mol. The predicted octanol–water partition coefficient (Wildman–Crippen LogP) is 4.93. The van der Waals surface area contributed by atoms with Crippen LogP contribution in [0.1, 0.15) is 40.0 Å². The van der Waals surface area contributed by atoms with Crippen LogP contribution in [0.5, 0.6) is 0 Å². The predicted molar refractivity (Wildman–Crippen MR) is 111 cm³/mol. The lowest BCUT2D eigenvalue weighted by atomic mass is 9.65. The number of hydrogen-bond donors (Lipinski definition) is 1. The molecule has 1 spiro atoms. The zero-order valence-corrected chi connectivity index (χ0v) is 18.2. The molecule has 1 aliphatic heterocycles. The van der Waals surface area contributed by atoms with Crippen molar-refractivity contribution >= 4 is 35.3 Å². The summed E-state index contributed by atoms with van der Waals surface area (Å²) in [4.78, 5) is 18.6. The number of aromatic nitrogens is 2. The Labute approximate surface area is 179 Å². The minimum absolute atomic E-state index is 0.150. The maximum absolute atomic E-state index is 11.9. The number of anilines is 1. The van der Waals surface area contributed by atoms with Crippen molar-refractivity contribution < 1.29 is 14.1 Å². The SMILES string of the molecule is CC(C)(C)OC(=O)NC1CC2(CCN(c3nc(-c4cc(Cl)cc(Cl)c4)no3)C2)C1. The Balaban J connectivity index is 1.34. The summed E-state index contributed by atoms with van der Waals surface area (Å²) in [5, 5.41) is 8.08. The lowest BCUT2D eigenvalue weighted by Crippen LogP contribution is -2.52. The van der Waals surface area contributed by atoms with Crippen molar-refractivity contribution in [1.82, 2.24) is 15.5 Å². The maximum atomic E-state index is 11.9. The monoisotopic (exact) mass is 438 g/mol. The fraction of sp³-hybridized carbons (Fsp3) is 0.550. The third-order valence-corrected chi connectivity index (χ3v) is 5.76. The Hall–Kier alpha value is -1.99. The summed E-state index contributed by atoms with van der Waals surface area (Å²) < 4.78 is 10.8. The number of ether oxygens (including phenoxy) is 1. The van der Waals surface area contributed by atoms with E-state index < -0.39 is 5.60 Å². The highest BCUT2D eigenvalue weighted by atomic mass is 35.5. The topological polar surface area (TPSA) is 80.5 Å². The molecule has 1 saturated carbocycles. The summed E-state index contributed by atoms with van der Waals surface area (Å²) in [5.41, 5.74) is 0.406. The average Bonchev–Trinajstić information content (AvgIpc) is 3.18. The third kappa shape index (κ3) is 4.61. The molecule has 0 bridgehead atoms. The van der Waals surface area contributed by atoms with Crippen LogP contribution in [-0.2, 0) is 4.74 Å². The largest absolute Gasteiger partial charge is 0.444 e. The van der Waals surface area contributed by atoms with Crippen LogP contribution in [0.4, 0.5) is 10.8 Å². The highest BCUT2D eigenvalue weighted by Crippen LogP contribution is 2.49. The molecule has 29 heavy (non-hydrogen) atoms.